The zero-order valence-corrected chi connectivity index (χ0v) is 31.4. The van der Waals surface area contributed by atoms with Crippen LogP contribution in [0.5, 0.6) is 11.5 Å². The van der Waals surface area contributed by atoms with Gasteiger partial charge in [0.1, 0.15) is 6.73 Å². The van der Waals surface area contributed by atoms with Gasteiger partial charge in [0.25, 0.3) is 0 Å². The van der Waals surface area contributed by atoms with Crippen molar-refractivity contribution in [2.75, 3.05) is 40.9 Å². The van der Waals surface area contributed by atoms with E-state index in [1.807, 2.05) is 39.0 Å². The number of rotatable bonds is 20. The third-order valence-electron chi connectivity index (χ3n) is 9.18. The highest BCUT2D eigenvalue weighted by Gasteiger charge is 2.43. The topological polar surface area (TPSA) is 174 Å². The van der Waals surface area contributed by atoms with E-state index in [-0.39, 0.29) is 43.5 Å². The molecule has 14 nitrogen and oxygen atoms in total. The Balaban J connectivity index is 2.37. The van der Waals surface area contributed by atoms with E-state index >= 15 is 0 Å². The minimum absolute atomic E-state index is 0.0589. The molecule has 1 aromatic carbocycles. The summed E-state index contributed by atoms with van der Waals surface area (Å²) in [7, 11) is 3.18. The van der Waals surface area contributed by atoms with Gasteiger partial charge in [-0.25, -0.2) is 9.59 Å². The van der Waals surface area contributed by atoms with Crippen LogP contribution in [0.4, 0.5) is 9.59 Å². The van der Waals surface area contributed by atoms with Crippen LogP contribution < -0.4 is 20.5 Å². The number of nitrogens with zero attached hydrogens (tertiary/aromatic N) is 1. The highest BCUT2D eigenvalue weighted by atomic mass is 16.8. The van der Waals surface area contributed by atoms with Crippen LogP contribution in [-0.4, -0.2) is 88.3 Å². The molecule has 1 aromatic rings. The molecule has 50 heavy (non-hydrogen) atoms. The Hall–Kier alpha value is -3.78. The molecule has 1 fully saturated rings. The number of nitrogens with two attached hydrogens (primary N) is 1. The molecule has 0 saturated carbocycles. The van der Waals surface area contributed by atoms with Crippen LogP contribution in [0, 0.1) is 29.1 Å². The number of ether oxygens (including phenoxy) is 7. The SMILES string of the molecule is CCOC(=O)OCOC(=O)N1CO[C@@H](C[C@H](C(=O)NCC(C)(C)C(N)=O)C(C)C)[C@@H]1C[C@H](Cc1ccc(OC)c(OC(CC)OC)c1)C(C)C. The molecule has 1 heterocycles. The zero-order valence-electron chi connectivity index (χ0n) is 31.4. The van der Waals surface area contributed by atoms with Crippen LogP contribution in [0.3, 0.4) is 0 Å². The molecule has 5 atom stereocenters. The summed E-state index contributed by atoms with van der Waals surface area (Å²) in [6, 6.07) is 5.33. The highest BCUT2D eigenvalue weighted by molar-refractivity contribution is 5.83. The number of benzene rings is 1. The molecular formula is C36H59N3O11. The molecule has 0 spiro atoms. The zero-order chi connectivity index (χ0) is 37.6. The van der Waals surface area contributed by atoms with Crippen molar-refractivity contribution in [2.24, 2.45) is 34.8 Å². The molecule has 0 bridgehead atoms. The van der Waals surface area contributed by atoms with E-state index in [0.29, 0.717) is 37.2 Å². The number of hydrogen-bond acceptors (Lipinski definition) is 11. The number of methoxy groups -OCH3 is 2. The number of amides is 3. The first-order valence-corrected chi connectivity index (χ1v) is 17.4. The van der Waals surface area contributed by atoms with Crippen molar-refractivity contribution in [3.05, 3.63) is 23.8 Å². The standard InChI is InChI=1S/C36H59N3O11/c1-11-31(45-10)50-30-16-24(13-14-28(30)44-9)15-25(22(3)4)17-27-29(47-20-39(27)34(42)48-21-49-35(43)46-12-2)18-26(23(5)6)32(40)38-19-36(7,8)33(37)41/h13-14,16,22-23,25-27,29,31H,11-12,15,17-21H2,1-10H3,(H2,37,41)(H,38,40)/t25-,26-,27-,29-,31?/m0/s1. The molecule has 0 aliphatic carbocycles. The second kappa shape index (κ2) is 20.2. The predicted octanol–water partition coefficient (Wildman–Crippen LogP) is 5.25. The summed E-state index contributed by atoms with van der Waals surface area (Å²) >= 11 is 0. The van der Waals surface area contributed by atoms with Crippen LogP contribution in [0.15, 0.2) is 18.2 Å². The molecule has 3 amide bonds. The third-order valence-corrected chi connectivity index (χ3v) is 9.18. The smallest absolute Gasteiger partial charge is 0.493 e. The Kier molecular flexibility index (Phi) is 17.1. The lowest BCUT2D eigenvalue weighted by Crippen LogP contribution is -2.47. The molecule has 1 aliphatic rings. The van der Waals surface area contributed by atoms with Gasteiger partial charge in [-0.3, -0.25) is 14.5 Å². The molecule has 1 unspecified atom stereocenters. The summed E-state index contributed by atoms with van der Waals surface area (Å²) in [4.78, 5) is 51.9. The van der Waals surface area contributed by atoms with E-state index in [0.717, 1.165) is 5.56 Å². The summed E-state index contributed by atoms with van der Waals surface area (Å²) in [5.74, 6) is 0.101. The van der Waals surface area contributed by atoms with Gasteiger partial charge < -0.3 is 44.2 Å². The maximum Gasteiger partial charge on any atom is 0.511 e. The fourth-order valence-corrected chi connectivity index (χ4v) is 5.69. The van der Waals surface area contributed by atoms with E-state index in [2.05, 4.69) is 19.2 Å². The molecule has 14 heteroatoms. The summed E-state index contributed by atoms with van der Waals surface area (Å²) < 4.78 is 38.2. The van der Waals surface area contributed by atoms with E-state index in [1.165, 1.54) is 4.90 Å². The third kappa shape index (κ3) is 12.5. The lowest BCUT2D eigenvalue weighted by atomic mass is 9.80. The molecular weight excluding hydrogens is 650 g/mol. The summed E-state index contributed by atoms with van der Waals surface area (Å²) in [6.07, 6.45) is -0.480. The van der Waals surface area contributed by atoms with Gasteiger partial charge in [0.2, 0.25) is 18.6 Å². The van der Waals surface area contributed by atoms with E-state index in [4.69, 9.17) is 38.9 Å². The van der Waals surface area contributed by atoms with E-state index in [9.17, 15) is 19.2 Å². The van der Waals surface area contributed by atoms with Gasteiger partial charge in [-0.1, -0.05) is 40.7 Å². The fourth-order valence-electron chi connectivity index (χ4n) is 5.69. The Morgan fingerprint density at radius 2 is 1.70 bits per heavy atom. The van der Waals surface area contributed by atoms with Crippen LogP contribution in [-0.2, 0) is 39.7 Å². The molecule has 3 N–H and O–H groups in total. The van der Waals surface area contributed by atoms with Crippen LogP contribution in [0.1, 0.15) is 80.2 Å². The minimum atomic E-state index is -0.948. The number of nitrogens with one attached hydrogen (secondary N) is 1. The Morgan fingerprint density at radius 3 is 2.26 bits per heavy atom. The largest absolute Gasteiger partial charge is 0.511 e. The predicted molar refractivity (Wildman–Crippen MR) is 185 cm³/mol. The van der Waals surface area contributed by atoms with Crippen molar-refractivity contribution in [1.82, 2.24) is 10.2 Å². The van der Waals surface area contributed by atoms with Crippen molar-refractivity contribution in [3.8, 4) is 11.5 Å². The van der Waals surface area contributed by atoms with Gasteiger partial charge in [0, 0.05) is 26.0 Å². The quantitative estimate of drug-likeness (QED) is 0.134. The average Bonchev–Trinajstić information content (AvgIpc) is 3.46. The Labute approximate surface area is 296 Å². The Bertz CT molecular complexity index is 1250. The first-order chi connectivity index (χ1) is 23.6. The van der Waals surface area contributed by atoms with Gasteiger partial charge in [-0.2, -0.15) is 0 Å². The number of primary amides is 1. The van der Waals surface area contributed by atoms with Gasteiger partial charge >= 0.3 is 12.2 Å². The van der Waals surface area contributed by atoms with Gasteiger partial charge in [-0.05, 0) is 75.5 Å². The normalized spacial score (nSPS) is 18.0. The second-order valence-corrected chi connectivity index (χ2v) is 13.9. The summed E-state index contributed by atoms with van der Waals surface area (Å²) in [5.41, 5.74) is 5.61. The monoisotopic (exact) mass is 709 g/mol. The van der Waals surface area contributed by atoms with E-state index < -0.39 is 54.7 Å². The van der Waals surface area contributed by atoms with Crippen LogP contribution in [0.25, 0.3) is 0 Å². The number of hydrogen-bond donors (Lipinski definition) is 2. The summed E-state index contributed by atoms with van der Waals surface area (Å²) in [5, 5.41) is 2.89. The lowest BCUT2D eigenvalue weighted by molar-refractivity contribution is -0.130. The second-order valence-electron chi connectivity index (χ2n) is 13.9. The molecule has 0 aromatic heterocycles. The first-order valence-electron chi connectivity index (χ1n) is 17.4. The van der Waals surface area contributed by atoms with Gasteiger partial charge in [0.05, 0.1) is 31.3 Å². The fraction of sp³-hybridized carbons (Fsp3) is 0.722. The molecule has 0 radical (unpaired) electrons. The van der Waals surface area contributed by atoms with Crippen LogP contribution in [0.2, 0.25) is 0 Å². The van der Waals surface area contributed by atoms with E-state index in [1.54, 1.807) is 35.0 Å². The molecule has 284 valence electrons. The minimum Gasteiger partial charge on any atom is -0.493 e. The first kappa shape index (κ1) is 42.4. The Morgan fingerprint density at radius 1 is 1.00 bits per heavy atom. The van der Waals surface area contributed by atoms with Crippen molar-refractivity contribution in [2.45, 2.75) is 99.5 Å². The number of carbonyl (C=O) groups is 4. The number of carbonyl (C=O) groups excluding carboxylic acids is 4. The van der Waals surface area contributed by atoms with Crippen molar-refractivity contribution in [3.63, 3.8) is 0 Å². The highest BCUT2D eigenvalue weighted by Crippen LogP contribution is 2.36. The van der Waals surface area contributed by atoms with Gasteiger partial charge in [-0.15, -0.1) is 0 Å². The molecule has 1 aliphatic heterocycles. The van der Waals surface area contributed by atoms with Crippen LogP contribution >= 0.6 is 0 Å². The molecule has 1 saturated heterocycles. The van der Waals surface area contributed by atoms with Crippen molar-refractivity contribution >= 4 is 24.1 Å². The van der Waals surface area contributed by atoms with Crippen molar-refractivity contribution < 1.29 is 52.3 Å². The maximum absolute atomic E-state index is 13.5. The lowest BCUT2D eigenvalue weighted by Gasteiger charge is -2.33. The van der Waals surface area contributed by atoms with Crippen molar-refractivity contribution in [1.29, 1.82) is 0 Å². The van der Waals surface area contributed by atoms with Gasteiger partial charge in [0.15, 0.2) is 17.8 Å². The average molecular weight is 710 g/mol. The molecule has 2 rings (SSSR count). The maximum atomic E-state index is 13.5. The summed E-state index contributed by atoms with van der Waals surface area (Å²) in [6.45, 7) is 14.6.